The van der Waals surface area contributed by atoms with Gasteiger partial charge in [-0.25, -0.2) is 4.68 Å². The molecule has 6 nitrogen and oxygen atoms in total. The number of benzene rings is 2. The van der Waals surface area contributed by atoms with Crippen LogP contribution in [-0.4, -0.2) is 29.3 Å². The van der Waals surface area contributed by atoms with Gasteiger partial charge in [-0.15, -0.1) is 0 Å². The van der Waals surface area contributed by atoms with E-state index in [4.69, 9.17) is 4.74 Å². The maximum Gasteiger partial charge on any atom is 0.275 e. The maximum absolute atomic E-state index is 12.5. The predicted octanol–water partition coefficient (Wildman–Crippen LogP) is 2.07. The van der Waals surface area contributed by atoms with Gasteiger partial charge in [0.15, 0.2) is 0 Å². The van der Waals surface area contributed by atoms with E-state index < -0.39 is 0 Å². The van der Waals surface area contributed by atoms with Gasteiger partial charge in [-0.05, 0) is 37.1 Å². The molecule has 0 saturated heterocycles. The molecule has 0 radical (unpaired) electrons. The lowest BCUT2D eigenvalue weighted by Gasteiger charge is -2.09. The first-order valence-corrected chi connectivity index (χ1v) is 8.44. The third-order valence-corrected chi connectivity index (χ3v) is 4.24. The van der Waals surface area contributed by atoms with Crippen LogP contribution < -0.4 is 15.6 Å². The molecule has 2 aromatic carbocycles. The van der Waals surface area contributed by atoms with Gasteiger partial charge >= 0.3 is 0 Å². The minimum absolute atomic E-state index is 0.0902. The molecule has 0 atom stereocenters. The van der Waals surface area contributed by atoms with Crippen LogP contribution in [0.15, 0.2) is 53.3 Å². The molecule has 6 heteroatoms. The number of aryl methyl sites for hydroxylation is 1. The van der Waals surface area contributed by atoms with E-state index in [1.807, 2.05) is 49.4 Å². The van der Waals surface area contributed by atoms with E-state index in [0.717, 1.165) is 22.4 Å². The van der Waals surface area contributed by atoms with Gasteiger partial charge in [0.05, 0.1) is 18.2 Å². The lowest BCUT2D eigenvalue weighted by Crippen LogP contribution is -2.35. The maximum atomic E-state index is 12.5. The van der Waals surface area contributed by atoms with Gasteiger partial charge in [0.25, 0.3) is 5.56 Å². The number of amides is 1. The van der Waals surface area contributed by atoms with Crippen molar-refractivity contribution in [3.05, 3.63) is 70.1 Å². The second-order valence-corrected chi connectivity index (χ2v) is 6.04. The highest BCUT2D eigenvalue weighted by molar-refractivity contribution is 5.83. The van der Waals surface area contributed by atoms with E-state index in [9.17, 15) is 9.59 Å². The van der Waals surface area contributed by atoms with E-state index >= 15 is 0 Å². The van der Waals surface area contributed by atoms with Crippen LogP contribution in [0.3, 0.4) is 0 Å². The Morgan fingerprint density at radius 3 is 2.50 bits per heavy atom. The first-order valence-electron chi connectivity index (χ1n) is 8.44. The fraction of sp³-hybridized carbons (Fsp3) is 0.250. The van der Waals surface area contributed by atoms with E-state index in [-0.39, 0.29) is 18.0 Å². The van der Waals surface area contributed by atoms with Crippen molar-refractivity contribution in [3.63, 3.8) is 0 Å². The Bertz CT molecular complexity index is 978. The Morgan fingerprint density at radius 2 is 1.81 bits per heavy atom. The Balaban J connectivity index is 1.62. The zero-order valence-corrected chi connectivity index (χ0v) is 14.9. The van der Waals surface area contributed by atoms with Crippen LogP contribution >= 0.6 is 0 Å². The Hall–Kier alpha value is -3.15. The molecular weight excluding hydrogens is 330 g/mol. The summed E-state index contributed by atoms with van der Waals surface area (Å²) >= 11 is 0. The second-order valence-electron chi connectivity index (χ2n) is 6.04. The van der Waals surface area contributed by atoms with Crippen molar-refractivity contribution >= 4 is 16.7 Å². The van der Waals surface area contributed by atoms with Crippen LogP contribution in [0.25, 0.3) is 10.8 Å². The quantitative estimate of drug-likeness (QED) is 0.738. The molecule has 3 aromatic rings. The Kier molecular flexibility index (Phi) is 5.31. The SMILES string of the molecule is COc1ccc(CCNC(=O)Cn2nc(C)c3ccccc3c2=O)cc1. The Labute approximate surface area is 151 Å². The highest BCUT2D eigenvalue weighted by atomic mass is 16.5. The predicted molar refractivity (Wildman–Crippen MR) is 100 cm³/mol. The second kappa shape index (κ2) is 7.82. The standard InChI is InChI=1S/C20H21N3O3/c1-14-17-5-3-4-6-18(17)20(25)23(22-14)13-19(24)21-12-11-15-7-9-16(26-2)10-8-15/h3-10H,11-13H2,1-2H3,(H,21,24). The van der Waals surface area contributed by atoms with Crippen LogP contribution in [0.2, 0.25) is 0 Å². The summed E-state index contributed by atoms with van der Waals surface area (Å²) in [6.07, 6.45) is 0.703. The number of fused-ring (bicyclic) bond motifs is 1. The number of ether oxygens (including phenoxy) is 1. The van der Waals surface area contributed by atoms with Gasteiger partial charge in [-0.3, -0.25) is 9.59 Å². The lowest BCUT2D eigenvalue weighted by molar-refractivity contribution is -0.121. The van der Waals surface area contributed by atoms with Crippen molar-refractivity contribution in [2.24, 2.45) is 0 Å². The van der Waals surface area contributed by atoms with E-state index in [1.54, 1.807) is 13.2 Å². The first-order chi connectivity index (χ1) is 12.6. The molecule has 0 fully saturated rings. The van der Waals surface area contributed by atoms with Gasteiger partial charge in [-0.2, -0.15) is 5.10 Å². The number of hydrogen-bond donors (Lipinski definition) is 1. The van der Waals surface area contributed by atoms with Gasteiger partial charge in [0.2, 0.25) is 5.91 Å². The number of nitrogens with zero attached hydrogens (tertiary/aromatic N) is 2. The number of carbonyl (C=O) groups excluding carboxylic acids is 1. The molecule has 0 saturated carbocycles. The fourth-order valence-electron chi connectivity index (χ4n) is 2.84. The molecular formula is C20H21N3O3. The molecule has 0 aliphatic rings. The van der Waals surface area contributed by atoms with Crippen LogP contribution in [0.5, 0.6) is 5.75 Å². The summed E-state index contributed by atoms with van der Waals surface area (Å²) in [6, 6.07) is 15.0. The molecule has 26 heavy (non-hydrogen) atoms. The average molecular weight is 351 g/mol. The van der Waals surface area contributed by atoms with Crippen LogP contribution in [0.4, 0.5) is 0 Å². The fourth-order valence-corrected chi connectivity index (χ4v) is 2.84. The number of methoxy groups -OCH3 is 1. The molecule has 0 spiro atoms. The van der Waals surface area contributed by atoms with Crippen LogP contribution in [0, 0.1) is 6.92 Å². The number of carbonyl (C=O) groups is 1. The summed E-state index contributed by atoms with van der Waals surface area (Å²) in [7, 11) is 1.62. The summed E-state index contributed by atoms with van der Waals surface area (Å²) in [5.41, 5.74) is 1.57. The molecule has 1 N–H and O–H groups in total. The Morgan fingerprint density at radius 1 is 1.12 bits per heavy atom. The van der Waals surface area contributed by atoms with Gasteiger partial charge in [-0.1, -0.05) is 30.3 Å². The molecule has 0 aliphatic heterocycles. The van der Waals surface area contributed by atoms with E-state index in [2.05, 4.69) is 10.4 Å². The molecule has 0 bridgehead atoms. The monoisotopic (exact) mass is 351 g/mol. The molecule has 3 rings (SSSR count). The zero-order valence-electron chi connectivity index (χ0n) is 14.9. The largest absolute Gasteiger partial charge is 0.497 e. The highest BCUT2D eigenvalue weighted by Crippen LogP contribution is 2.12. The van der Waals surface area contributed by atoms with Crippen molar-refractivity contribution in [1.82, 2.24) is 15.1 Å². The van der Waals surface area contributed by atoms with Crippen LogP contribution in [0.1, 0.15) is 11.3 Å². The van der Waals surface area contributed by atoms with Crippen molar-refractivity contribution in [1.29, 1.82) is 0 Å². The highest BCUT2D eigenvalue weighted by Gasteiger charge is 2.10. The number of hydrogen-bond acceptors (Lipinski definition) is 4. The third-order valence-electron chi connectivity index (χ3n) is 4.24. The van der Waals surface area contributed by atoms with E-state index in [0.29, 0.717) is 18.4 Å². The minimum Gasteiger partial charge on any atom is -0.497 e. The summed E-state index contributed by atoms with van der Waals surface area (Å²) < 4.78 is 6.34. The normalized spacial score (nSPS) is 10.7. The summed E-state index contributed by atoms with van der Waals surface area (Å²) in [6.45, 7) is 2.24. The van der Waals surface area contributed by atoms with Crippen LogP contribution in [-0.2, 0) is 17.8 Å². The van der Waals surface area contributed by atoms with Gasteiger partial charge < -0.3 is 10.1 Å². The first kappa shape index (κ1) is 17.7. The third kappa shape index (κ3) is 3.91. The smallest absolute Gasteiger partial charge is 0.275 e. The van der Waals surface area contributed by atoms with Gasteiger partial charge in [0, 0.05) is 11.9 Å². The average Bonchev–Trinajstić information content (AvgIpc) is 2.66. The van der Waals surface area contributed by atoms with Crippen molar-refractivity contribution in [2.75, 3.05) is 13.7 Å². The van der Waals surface area contributed by atoms with E-state index in [1.165, 1.54) is 4.68 Å². The van der Waals surface area contributed by atoms with Crippen molar-refractivity contribution in [2.45, 2.75) is 19.9 Å². The summed E-state index contributed by atoms with van der Waals surface area (Å²) in [5.74, 6) is 0.567. The van der Waals surface area contributed by atoms with Crippen molar-refractivity contribution in [3.8, 4) is 5.75 Å². The number of rotatable bonds is 6. The molecule has 1 aromatic heterocycles. The molecule has 0 unspecified atom stereocenters. The lowest BCUT2D eigenvalue weighted by atomic mass is 10.1. The molecule has 134 valence electrons. The number of nitrogens with one attached hydrogen (secondary N) is 1. The zero-order chi connectivity index (χ0) is 18.5. The topological polar surface area (TPSA) is 73.2 Å². The van der Waals surface area contributed by atoms with Crippen molar-refractivity contribution < 1.29 is 9.53 Å². The number of aromatic nitrogens is 2. The minimum atomic E-state index is -0.253. The molecule has 1 heterocycles. The summed E-state index contributed by atoms with van der Waals surface area (Å²) in [5, 5.41) is 8.48. The van der Waals surface area contributed by atoms with Gasteiger partial charge in [0.1, 0.15) is 12.3 Å². The summed E-state index contributed by atoms with van der Waals surface area (Å²) in [4.78, 5) is 24.7. The molecule has 0 aliphatic carbocycles. The molecule has 1 amide bonds.